The zero-order chi connectivity index (χ0) is 11.5. The standard InChI is InChI=1S/C12H19N3O/c1-9(2)11-6-13-7-12(14-11)15-5-4-10(8-15)16-3/h6-7,9-10H,4-5,8H2,1-3H3/t10-/m0/s1. The third-order valence-electron chi connectivity index (χ3n) is 3.03. The van der Waals surface area contributed by atoms with Crippen LogP contribution in [0.4, 0.5) is 5.82 Å². The average molecular weight is 221 g/mol. The van der Waals surface area contributed by atoms with Gasteiger partial charge in [0.15, 0.2) is 0 Å². The molecule has 0 amide bonds. The number of anilines is 1. The molecule has 1 saturated heterocycles. The van der Waals surface area contributed by atoms with Gasteiger partial charge in [-0.2, -0.15) is 0 Å². The molecule has 1 aromatic rings. The van der Waals surface area contributed by atoms with Gasteiger partial charge in [-0.25, -0.2) is 4.98 Å². The zero-order valence-corrected chi connectivity index (χ0v) is 10.2. The van der Waals surface area contributed by atoms with Crippen LogP contribution < -0.4 is 4.90 Å². The first-order valence-electron chi connectivity index (χ1n) is 5.80. The van der Waals surface area contributed by atoms with Gasteiger partial charge >= 0.3 is 0 Å². The molecule has 0 bridgehead atoms. The summed E-state index contributed by atoms with van der Waals surface area (Å²) in [7, 11) is 1.77. The molecule has 0 unspecified atom stereocenters. The van der Waals surface area contributed by atoms with E-state index in [9.17, 15) is 0 Å². The minimum absolute atomic E-state index is 0.338. The normalized spacial score (nSPS) is 20.8. The highest BCUT2D eigenvalue weighted by atomic mass is 16.5. The largest absolute Gasteiger partial charge is 0.380 e. The molecule has 4 nitrogen and oxygen atoms in total. The van der Waals surface area contributed by atoms with Crippen molar-refractivity contribution in [2.45, 2.75) is 32.3 Å². The second-order valence-corrected chi connectivity index (χ2v) is 4.55. The van der Waals surface area contributed by atoms with E-state index < -0.39 is 0 Å². The Bertz CT molecular complexity index is 354. The Labute approximate surface area is 96.7 Å². The van der Waals surface area contributed by atoms with Crippen molar-refractivity contribution in [1.82, 2.24) is 9.97 Å². The van der Waals surface area contributed by atoms with Crippen LogP contribution in [0.3, 0.4) is 0 Å². The smallest absolute Gasteiger partial charge is 0.147 e. The van der Waals surface area contributed by atoms with Crippen molar-refractivity contribution < 1.29 is 4.74 Å². The molecule has 16 heavy (non-hydrogen) atoms. The van der Waals surface area contributed by atoms with Gasteiger partial charge < -0.3 is 9.64 Å². The van der Waals surface area contributed by atoms with Gasteiger partial charge in [0.2, 0.25) is 0 Å². The van der Waals surface area contributed by atoms with E-state index in [1.165, 1.54) is 0 Å². The van der Waals surface area contributed by atoms with Crippen LogP contribution in [-0.2, 0) is 4.74 Å². The van der Waals surface area contributed by atoms with Gasteiger partial charge in [-0.05, 0) is 12.3 Å². The summed E-state index contributed by atoms with van der Waals surface area (Å²) < 4.78 is 5.35. The monoisotopic (exact) mass is 221 g/mol. The van der Waals surface area contributed by atoms with Crippen LogP contribution in [0.5, 0.6) is 0 Å². The average Bonchev–Trinajstić information content (AvgIpc) is 2.77. The predicted molar refractivity (Wildman–Crippen MR) is 63.7 cm³/mol. The molecule has 0 radical (unpaired) electrons. The molecule has 88 valence electrons. The van der Waals surface area contributed by atoms with Crippen molar-refractivity contribution in [2.24, 2.45) is 0 Å². The molecule has 1 aliphatic rings. The summed E-state index contributed by atoms with van der Waals surface area (Å²) in [6, 6.07) is 0. The first-order valence-corrected chi connectivity index (χ1v) is 5.80. The Morgan fingerprint density at radius 1 is 1.44 bits per heavy atom. The molecule has 1 atom stereocenters. The van der Waals surface area contributed by atoms with Crippen LogP contribution in [0.25, 0.3) is 0 Å². The lowest BCUT2D eigenvalue weighted by Crippen LogP contribution is -2.23. The summed E-state index contributed by atoms with van der Waals surface area (Å²) in [5, 5.41) is 0. The molecular weight excluding hydrogens is 202 g/mol. The molecule has 2 rings (SSSR count). The van der Waals surface area contributed by atoms with Crippen molar-refractivity contribution in [3.8, 4) is 0 Å². The van der Waals surface area contributed by atoms with Gasteiger partial charge in [0.1, 0.15) is 5.82 Å². The number of rotatable bonds is 3. The highest BCUT2D eigenvalue weighted by Crippen LogP contribution is 2.20. The van der Waals surface area contributed by atoms with Crippen molar-refractivity contribution >= 4 is 5.82 Å². The summed E-state index contributed by atoms with van der Waals surface area (Å²) in [5.74, 6) is 1.40. The SMILES string of the molecule is CO[C@H]1CCN(c2cncc(C(C)C)n2)C1. The number of hydrogen-bond acceptors (Lipinski definition) is 4. The first kappa shape index (κ1) is 11.3. The van der Waals surface area contributed by atoms with Gasteiger partial charge in [-0.1, -0.05) is 13.8 Å². The molecule has 1 aliphatic heterocycles. The van der Waals surface area contributed by atoms with Crippen molar-refractivity contribution in [2.75, 3.05) is 25.1 Å². The van der Waals surface area contributed by atoms with Crippen molar-refractivity contribution in [3.63, 3.8) is 0 Å². The maximum absolute atomic E-state index is 5.35. The number of hydrogen-bond donors (Lipinski definition) is 0. The number of aromatic nitrogens is 2. The fourth-order valence-electron chi connectivity index (χ4n) is 1.93. The zero-order valence-electron chi connectivity index (χ0n) is 10.2. The van der Waals surface area contributed by atoms with Gasteiger partial charge in [0, 0.05) is 26.4 Å². The first-order chi connectivity index (χ1) is 7.70. The van der Waals surface area contributed by atoms with Gasteiger partial charge in [-0.3, -0.25) is 4.98 Å². The lowest BCUT2D eigenvalue weighted by molar-refractivity contribution is 0.121. The van der Waals surface area contributed by atoms with Gasteiger partial charge in [0.05, 0.1) is 18.0 Å². The summed E-state index contributed by atoms with van der Waals surface area (Å²) in [6.07, 6.45) is 5.09. The van der Waals surface area contributed by atoms with E-state index in [-0.39, 0.29) is 0 Å². The molecule has 1 fully saturated rings. The Morgan fingerprint density at radius 2 is 2.25 bits per heavy atom. The van der Waals surface area contributed by atoms with E-state index in [1.807, 2.05) is 12.4 Å². The van der Waals surface area contributed by atoms with Gasteiger partial charge in [-0.15, -0.1) is 0 Å². The third kappa shape index (κ3) is 2.32. The summed E-state index contributed by atoms with van der Waals surface area (Å²) in [6.45, 7) is 6.20. The van der Waals surface area contributed by atoms with E-state index in [1.54, 1.807) is 7.11 Å². The second kappa shape index (κ2) is 4.78. The minimum Gasteiger partial charge on any atom is -0.380 e. The predicted octanol–water partition coefficient (Wildman–Crippen LogP) is 1.83. The number of nitrogens with zero attached hydrogens (tertiary/aromatic N) is 3. The van der Waals surface area contributed by atoms with Gasteiger partial charge in [0.25, 0.3) is 0 Å². The Balaban J connectivity index is 2.12. The Kier molecular flexibility index (Phi) is 3.39. The second-order valence-electron chi connectivity index (χ2n) is 4.55. The van der Waals surface area contributed by atoms with E-state index in [0.717, 1.165) is 31.0 Å². The van der Waals surface area contributed by atoms with E-state index in [2.05, 4.69) is 28.7 Å². The van der Waals surface area contributed by atoms with Crippen LogP contribution in [0.15, 0.2) is 12.4 Å². The lowest BCUT2D eigenvalue weighted by atomic mass is 10.1. The van der Waals surface area contributed by atoms with Crippen molar-refractivity contribution in [1.29, 1.82) is 0 Å². The van der Waals surface area contributed by atoms with Crippen LogP contribution in [0.1, 0.15) is 31.9 Å². The maximum atomic E-state index is 5.35. The van der Waals surface area contributed by atoms with E-state index in [4.69, 9.17) is 4.74 Å². The highest BCUT2D eigenvalue weighted by molar-refractivity contribution is 5.38. The summed E-state index contributed by atoms with van der Waals surface area (Å²) >= 11 is 0. The maximum Gasteiger partial charge on any atom is 0.147 e. The quantitative estimate of drug-likeness (QED) is 0.780. The molecule has 2 heterocycles. The van der Waals surface area contributed by atoms with Crippen molar-refractivity contribution in [3.05, 3.63) is 18.1 Å². The molecule has 0 N–H and O–H groups in total. The molecule has 0 aliphatic carbocycles. The number of methoxy groups -OCH3 is 1. The molecular formula is C12H19N3O. The topological polar surface area (TPSA) is 38.2 Å². The van der Waals surface area contributed by atoms with Crippen LogP contribution in [0, 0.1) is 0 Å². The van der Waals surface area contributed by atoms with Crippen LogP contribution in [0.2, 0.25) is 0 Å². The Hall–Kier alpha value is -1.16. The third-order valence-corrected chi connectivity index (χ3v) is 3.03. The van der Waals surface area contributed by atoms with Crippen LogP contribution >= 0.6 is 0 Å². The molecule has 0 saturated carbocycles. The minimum atomic E-state index is 0.338. The molecule has 0 spiro atoms. The molecule has 0 aromatic carbocycles. The van der Waals surface area contributed by atoms with Crippen LogP contribution in [-0.4, -0.2) is 36.3 Å². The fourth-order valence-corrected chi connectivity index (χ4v) is 1.93. The lowest BCUT2D eigenvalue weighted by Gasteiger charge is -2.17. The van der Waals surface area contributed by atoms with E-state index >= 15 is 0 Å². The molecule has 4 heteroatoms. The van der Waals surface area contributed by atoms with E-state index in [0.29, 0.717) is 12.0 Å². The highest BCUT2D eigenvalue weighted by Gasteiger charge is 2.23. The summed E-state index contributed by atoms with van der Waals surface area (Å²) in [5.41, 5.74) is 1.05. The number of ether oxygens (including phenoxy) is 1. The summed E-state index contributed by atoms with van der Waals surface area (Å²) in [4.78, 5) is 11.1. The Morgan fingerprint density at radius 3 is 2.88 bits per heavy atom. The fraction of sp³-hybridized carbons (Fsp3) is 0.667. The molecule has 1 aromatic heterocycles.